The Labute approximate surface area is 102 Å². The number of nitrogens with two attached hydrogens (primary N) is 1. The molecule has 2 N–H and O–H groups in total. The molecule has 0 aliphatic rings. The fourth-order valence-electron chi connectivity index (χ4n) is 1.81. The molecule has 0 saturated carbocycles. The molecule has 1 heterocycles. The highest BCUT2D eigenvalue weighted by Crippen LogP contribution is 2.32. The van der Waals surface area contributed by atoms with Crippen LogP contribution in [0.25, 0.3) is 11.1 Å². The molecule has 1 aromatic carbocycles. The number of benzene rings is 1. The fourth-order valence-corrected chi connectivity index (χ4v) is 1.81. The standard InChI is InChI=1S/C12H12F3N3/c1-18-11(6-16)10(7-17-18)8-3-2-4-9(5-8)12(13,14)15/h2-5,7H,6,16H2,1H3. The molecule has 0 atom stereocenters. The first-order chi connectivity index (χ1) is 8.43. The van der Waals surface area contributed by atoms with E-state index in [9.17, 15) is 13.2 Å². The lowest BCUT2D eigenvalue weighted by Crippen LogP contribution is -2.06. The molecule has 2 aromatic rings. The number of rotatable bonds is 2. The summed E-state index contributed by atoms with van der Waals surface area (Å²) in [7, 11) is 1.71. The Bertz CT molecular complexity index is 558. The van der Waals surface area contributed by atoms with Gasteiger partial charge in [-0.05, 0) is 17.7 Å². The van der Waals surface area contributed by atoms with Gasteiger partial charge in [0.15, 0.2) is 0 Å². The maximum absolute atomic E-state index is 12.6. The Kier molecular flexibility index (Phi) is 3.13. The van der Waals surface area contributed by atoms with Gasteiger partial charge in [0.1, 0.15) is 0 Å². The van der Waals surface area contributed by atoms with Crippen molar-refractivity contribution in [2.75, 3.05) is 0 Å². The Hall–Kier alpha value is -1.82. The van der Waals surface area contributed by atoms with Gasteiger partial charge in [0, 0.05) is 19.2 Å². The Balaban J connectivity index is 2.51. The molecule has 0 radical (unpaired) electrons. The summed E-state index contributed by atoms with van der Waals surface area (Å²) < 4.78 is 39.4. The number of aromatic nitrogens is 2. The van der Waals surface area contributed by atoms with Crippen LogP contribution in [0.15, 0.2) is 30.5 Å². The number of hydrogen-bond donors (Lipinski definition) is 1. The molecule has 0 bridgehead atoms. The highest BCUT2D eigenvalue weighted by atomic mass is 19.4. The first-order valence-corrected chi connectivity index (χ1v) is 5.32. The summed E-state index contributed by atoms with van der Waals surface area (Å²) in [6.07, 6.45) is -2.82. The first kappa shape index (κ1) is 12.6. The van der Waals surface area contributed by atoms with E-state index in [4.69, 9.17) is 5.73 Å². The van der Waals surface area contributed by atoms with Gasteiger partial charge in [0.25, 0.3) is 0 Å². The molecule has 18 heavy (non-hydrogen) atoms. The second-order valence-electron chi connectivity index (χ2n) is 3.91. The number of aryl methyl sites for hydroxylation is 1. The summed E-state index contributed by atoms with van der Waals surface area (Å²) in [5.41, 5.74) is 6.70. The van der Waals surface area contributed by atoms with Crippen LogP contribution in [0.1, 0.15) is 11.3 Å². The molecule has 0 aliphatic heterocycles. The van der Waals surface area contributed by atoms with Crippen LogP contribution in [0, 0.1) is 0 Å². The van der Waals surface area contributed by atoms with Crippen LogP contribution in [-0.2, 0) is 19.8 Å². The molecular weight excluding hydrogens is 243 g/mol. The van der Waals surface area contributed by atoms with Crippen LogP contribution < -0.4 is 5.73 Å². The largest absolute Gasteiger partial charge is 0.416 e. The predicted octanol–water partition coefficient (Wildman–Crippen LogP) is 2.56. The van der Waals surface area contributed by atoms with Gasteiger partial charge in [-0.3, -0.25) is 4.68 Å². The van der Waals surface area contributed by atoms with Crippen molar-refractivity contribution in [1.82, 2.24) is 9.78 Å². The van der Waals surface area contributed by atoms with Gasteiger partial charge in [-0.15, -0.1) is 0 Å². The van der Waals surface area contributed by atoms with Crippen molar-refractivity contribution in [2.45, 2.75) is 12.7 Å². The molecule has 1 aromatic heterocycles. The molecule has 0 aliphatic carbocycles. The first-order valence-electron chi connectivity index (χ1n) is 5.32. The number of nitrogens with zero attached hydrogens (tertiary/aromatic N) is 2. The summed E-state index contributed by atoms with van der Waals surface area (Å²) in [5.74, 6) is 0. The fraction of sp³-hybridized carbons (Fsp3) is 0.250. The van der Waals surface area contributed by atoms with Crippen LogP contribution in [0.2, 0.25) is 0 Å². The third kappa shape index (κ3) is 2.24. The van der Waals surface area contributed by atoms with E-state index in [1.807, 2.05) is 0 Å². The number of hydrogen-bond acceptors (Lipinski definition) is 2. The molecule has 0 saturated heterocycles. The third-order valence-electron chi connectivity index (χ3n) is 2.76. The van der Waals surface area contributed by atoms with Gasteiger partial charge >= 0.3 is 6.18 Å². The minimum Gasteiger partial charge on any atom is -0.325 e. The van der Waals surface area contributed by atoms with Gasteiger partial charge in [0.05, 0.1) is 17.5 Å². The quantitative estimate of drug-likeness (QED) is 0.896. The predicted molar refractivity (Wildman–Crippen MR) is 61.5 cm³/mol. The molecule has 0 spiro atoms. The van der Waals surface area contributed by atoms with E-state index in [-0.39, 0.29) is 6.54 Å². The van der Waals surface area contributed by atoms with E-state index in [0.29, 0.717) is 16.8 Å². The van der Waals surface area contributed by atoms with Crippen molar-refractivity contribution < 1.29 is 13.2 Å². The average Bonchev–Trinajstić information content (AvgIpc) is 2.69. The van der Waals surface area contributed by atoms with E-state index in [1.54, 1.807) is 17.8 Å². The van der Waals surface area contributed by atoms with Gasteiger partial charge in [-0.25, -0.2) is 0 Å². The summed E-state index contributed by atoms with van der Waals surface area (Å²) in [6, 6.07) is 5.15. The normalized spacial score (nSPS) is 11.8. The number of alkyl halides is 3. The summed E-state index contributed by atoms with van der Waals surface area (Å²) in [6.45, 7) is 0.224. The van der Waals surface area contributed by atoms with Crippen molar-refractivity contribution in [3.05, 3.63) is 41.7 Å². The maximum Gasteiger partial charge on any atom is 0.416 e. The van der Waals surface area contributed by atoms with Crippen molar-refractivity contribution in [2.24, 2.45) is 12.8 Å². The van der Waals surface area contributed by atoms with Crippen molar-refractivity contribution >= 4 is 0 Å². The van der Waals surface area contributed by atoms with Crippen molar-refractivity contribution in [3.63, 3.8) is 0 Å². The third-order valence-corrected chi connectivity index (χ3v) is 2.76. The lowest BCUT2D eigenvalue weighted by Gasteiger charge is -2.09. The SMILES string of the molecule is Cn1ncc(-c2cccc(C(F)(F)F)c2)c1CN. The highest BCUT2D eigenvalue weighted by Gasteiger charge is 2.30. The van der Waals surface area contributed by atoms with Gasteiger partial charge in [-0.1, -0.05) is 12.1 Å². The summed E-state index contributed by atoms with van der Waals surface area (Å²) >= 11 is 0. The topological polar surface area (TPSA) is 43.8 Å². The van der Waals surface area contributed by atoms with E-state index in [1.165, 1.54) is 12.3 Å². The van der Waals surface area contributed by atoms with Crippen molar-refractivity contribution in [3.8, 4) is 11.1 Å². The van der Waals surface area contributed by atoms with Gasteiger partial charge in [-0.2, -0.15) is 18.3 Å². The van der Waals surface area contributed by atoms with Crippen LogP contribution in [-0.4, -0.2) is 9.78 Å². The van der Waals surface area contributed by atoms with Gasteiger partial charge < -0.3 is 5.73 Å². The highest BCUT2D eigenvalue weighted by molar-refractivity contribution is 5.66. The second-order valence-corrected chi connectivity index (χ2v) is 3.91. The Morgan fingerprint density at radius 1 is 1.33 bits per heavy atom. The maximum atomic E-state index is 12.6. The monoisotopic (exact) mass is 255 g/mol. The summed E-state index contributed by atoms with van der Waals surface area (Å²) in [5, 5.41) is 4.01. The van der Waals surface area contributed by atoms with Crippen LogP contribution in [0.5, 0.6) is 0 Å². The number of halogens is 3. The molecule has 2 rings (SSSR count). The molecule has 6 heteroatoms. The average molecular weight is 255 g/mol. The van der Waals surface area contributed by atoms with Crippen molar-refractivity contribution in [1.29, 1.82) is 0 Å². The zero-order chi connectivity index (χ0) is 13.3. The Morgan fingerprint density at radius 2 is 2.06 bits per heavy atom. The lowest BCUT2D eigenvalue weighted by molar-refractivity contribution is -0.137. The molecular formula is C12H12F3N3. The van der Waals surface area contributed by atoms with Gasteiger partial charge in [0.2, 0.25) is 0 Å². The minimum absolute atomic E-state index is 0.224. The Morgan fingerprint density at radius 3 is 2.67 bits per heavy atom. The molecule has 0 amide bonds. The van der Waals surface area contributed by atoms with E-state index < -0.39 is 11.7 Å². The zero-order valence-corrected chi connectivity index (χ0v) is 9.70. The van der Waals surface area contributed by atoms with E-state index >= 15 is 0 Å². The minimum atomic E-state index is -4.35. The molecule has 3 nitrogen and oxygen atoms in total. The van der Waals surface area contributed by atoms with Crippen LogP contribution in [0.3, 0.4) is 0 Å². The van der Waals surface area contributed by atoms with E-state index in [2.05, 4.69) is 5.10 Å². The lowest BCUT2D eigenvalue weighted by atomic mass is 10.0. The molecule has 0 unspecified atom stereocenters. The van der Waals surface area contributed by atoms with Crippen LogP contribution in [0.4, 0.5) is 13.2 Å². The smallest absolute Gasteiger partial charge is 0.325 e. The molecule has 0 fully saturated rings. The zero-order valence-electron chi connectivity index (χ0n) is 9.70. The summed E-state index contributed by atoms with van der Waals surface area (Å²) in [4.78, 5) is 0. The molecule has 96 valence electrons. The second kappa shape index (κ2) is 4.45. The van der Waals surface area contributed by atoms with Crippen LogP contribution >= 0.6 is 0 Å². The van der Waals surface area contributed by atoms with E-state index in [0.717, 1.165) is 12.1 Å².